The Hall–Kier alpha value is -1.14. The lowest BCUT2D eigenvalue weighted by atomic mass is 10.1. The molecule has 1 fully saturated rings. The summed E-state index contributed by atoms with van der Waals surface area (Å²) >= 11 is 0. The van der Waals surface area contributed by atoms with Crippen molar-refractivity contribution >= 4 is 11.8 Å². The zero-order valence-electron chi connectivity index (χ0n) is 9.36. The Morgan fingerprint density at radius 3 is 3.00 bits per heavy atom. The van der Waals surface area contributed by atoms with Crippen LogP contribution in [0.2, 0.25) is 0 Å². The van der Waals surface area contributed by atoms with Gasteiger partial charge in [-0.3, -0.25) is 9.59 Å². The Kier molecular flexibility index (Phi) is 5.21. The summed E-state index contributed by atoms with van der Waals surface area (Å²) in [4.78, 5) is 22.6. The van der Waals surface area contributed by atoms with E-state index in [1.165, 1.54) is 7.11 Å². The first-order valence-electron chi connectivity index (χ1n) is 5.34. The van der Waals surface area contributed by atoms with E-state index in [2.05, 4.69) is 10.6 Å². The third-order valence-corrected chi connectivity index (χ3v) is 2.54. The minimum absolute atomic E-state index is 0.00382. The normalized spacial score (nSPS) is 21.6. The third kappa shape index (κ3) is 3.79. The molecule has 6 nitrogen and oxygen atoms in total. The molecule has 2 unspecified atom stereocenters. The first kappa shape index (κ1) is 12.9. The Balaban J connectivity index is 2.38. The van der Waals surface area contributed by atoms with Crippen LogP contribution in [-0.2, 0) is 14.3 Å². The molecular weight excluding hydrogens is 212 g/mol. The van der Waals surface area contributed by atoms with Crippen LogP contribution >= 0.6 is 0 Å². The van der Waals surface area contributed by atoms with Crippen LogP contribution in [0.25, 0.3) is 0 Å². The van der Waals surface area contributed by atoms with Gasteiger partial charge < -0.3 is 20.5 Å². The standard InChI is InChI=1S/C10H18N2O4/c1-16-6-8(2-3-13)12-10(15)7-4-9(14)11-5-7/h7-8,13H,2-6H2,1H3,(H,11,14)(H,12,15). The maximum Gasteiger partial charge on any atom is 0.225 e. The van der Waals surface area contributed by atoms with Crippen molar-refractivity contribution in [3.05, 3.63) is 0 Å². The second-order valence-corrected chi connectivity index (χ2v) is 3.88. The SMILES string of the molecule is COCC(CCO)NC(=O)C1CNC(=O)C1. The average molecular weight is 230 g/mol. The number of aliphatic hydroxyl groups excluding tert-OH is 1. The third-order valence-electron chi connectivity index (χ3n) is 2.54. The van der Waals surface area contributed by atoms with E-state index in [1.807, 2.05) is 0 Å². The van der Waals surface area contributed by atoms with Gasteiger partial charge in [-0.2, -0.15) is 0 Å². The van der Waals surface area contributed by atoms with E-state index in [0.717, 1.165) is 0 Å². The summed E-state index contributed by atoms with van der Waals surface area (Å²) in [5, 5.41) is 14.2. The lowest BCUT2D eigenvalue weighted by molar-refractivity contribution is -0.127. The summed E-state index contributed by atoms with van der Waals surface area (Å²) in [6, 6.07) is -0.196. The van der Waals surface area contributed by atoms with E-state index in [9.17, 15) is 9.59 Å². The van der Waals surface area contributed by atoms with E-state index in [-0.39, 0.29) is 36.8 Å². The highest BCUT2D eigenvalue weighted by Crippen LogP contribution is 2.09. The summed E-state index contributed by atoms with van der Waals surface area (Å²) in [6.07, 6.45) is 0.693. The molecule has 3 N–H and O–H groups in total. The van der Waals surface area contributed by atoms with Gasteiger partial charge in [0.1, 0.15) is 0 Å². The molecule has 0 bridgehead atoms. The van der Waals surface area contributed by atoms with Gasteiger partial charge in [0.15, 0.2) is 0 Å². The second kappa shape index (κ2) is 6.44. The number of nitrogens with one attached hydrogen (secondary N) is 2. The maximum absolute atomic E-state index is 11.7. The maximum atomic E-state index is 11.7. The summed E-state index contributed by atoms with van der Waals surface area (Å²) < 4.78 is 4.93. The van der Waals surface area contributed by atoms with Crippen LogP contribution in [0.3, 0.4) is 0 Å². The van der Waals surface area contributed by atoms with Gasteiger partial charge in [0.25, 0.3) is 0 Å². The summed E-state index contributed by atoms with van der Waals surface area (Å²) in [6.45, 7) is 0.750. The molecule has 1 rings (SSSR count). The van der Waals surface area contributed by atoms with Crippen LogP contribution in [0, 0.1) is 5.92 Å². The monoisotopic (exact) mass is 230 g/mol. The van der Waals surface area contributed by atoms with Crippen molar-refractivity contribution in [1.82, 2.24) is 10.6 Å². The molecule has 1 heterocycles. The number of carbonyl (C=O) groups is 2. The molecule has 0 radical (unpaired) electrons. The fourth-order valence-corrected chi connectivity index (χ4v) is 1.66. The molecule has 1 saturated heterocycles. The predicted molar refractivity (Wildman–Crippen MR) is 56.6 cm³/mol. The van der Waals surface area contributed by atoms with E-state index in [4.69, 9.17) is 9.84 Å². The van der Waals surface area contributed by atoms with Gasteiger partial charge in [-0.1, -0.05) is 0 Å². The van der Waals surface area contributed by atoms with Crippen LogP contribution in [-0.4, -0.2) is 49.8 Å². The Morgan fingerprint density at radius 2 is 2.50 bits per heavy atom. The Morgan fingerprint density at radius 1 is 1.75 bits per heavy atom. The number of amides is 2. The highest BCUT2D eigenvalue weighted by Gasteiger charge is 2.28. The van der Waals surface area contributed by atoms with Crippen LogP contribution in [0.5, 0.6) is 0 Å². The van der Waals surface area contributed by atoms with Gasteiger partial charge in [0, 0.05) is 26.7 Å². The number of ether oxygens (including phenoxy) is 1. The largest absolute Gasteiger partial charge is 0.396 e. The molecule has 0 aromatic heterocycles. The Bertz CT molecular complexity index is 251. The lowest BCUT2D eigenvalue weighted by Crippen LogP contribution is -2.42. The molecule has 0 spiro atoms. The molecule has 0 aromatic rings. The van der Waals surface area contributed by atoms with Gasteiger partial charge in [-0.25, -0.2) is 0 Å². The smallest absolute Gasteiger partial charge is 0.225 e. The molecule has 92 valence electrons. The zero-order valence-corrected chi connectivity index (χ0v) is 9.36. The number of hydrogen-bond acceptors (Lipinski definition) is 4. The molecular formula is C10H18N2O4. The van der Waals surface area contributed by atoms with Crippen molar-refractivity contribution in [3.63, 3.8) is 0 Å². The zero-order chi connectivity index (χ0) is 12.0. The van der Waals surface area contributed by atoms with Gasteiger partial charge >= 0.3 is 0 Å². The fourth-order valence-electron chi connectivity index (χ4n) is 1.66. The average Bonchev–Trinajstić information content (AvgIpc) is 2.65. The van der Waals surface area contributed by atoms with E-state index in [1.54, 1.807) is 0 Å². The summed E-state index contributed by atoms with van der Waals surface area (Å²) in [7, 11) is 1.54. The van der Waals surface area contributed by atoms with Crippen molar-refractivity contribution < 1.29 is 19.4 Å². The number of methoxy groups -OCH3 is 1. The van der Waals surface area contributed by atoms with Gasteiger partial charge in [-0.05, 0) is 6.42 Å². The Labute approximate surface area is 94.3 Å². The molecule has 0 saturated carbocycles. The van der Waals surface area contributed by atoms with E-state index in [0.29, 0.717) is 19.6 Å². The van der Waals surface area contributed by atoms with Gasteiger partial charge in [-0.15, -0.1) is 0 Å². The van der Waals surface area contributed by atoms with Crippen LogP contribution in [0.15, 0.2) is 0 Å². The van der Waals surface area contributed by atoms with Gasteiger partial charge in [0.05, 0.1) is 18.6 Å². The van der Waals surface area contributed by atoms with E-state index < -0.39 is 0 Å². The first-order valence-corrected chi connectivity index (χ1v) is 5.34. The molecule has 2 atom stereocenters. The quantitative estimate of drug-likeness (QED) is 0.525. The summed E-state index contributed by atoms with van der Waals surface area (Å²) in [5.74, 6) is -0.551. The molecule has 2 amide bonds. The number of aliphatic hydroxyl groups is 1. The van der Waals surface area contributed by atoms with E-state index >= 15 is 0 Å². The molecule has 1 aliphatic heterocycles. The van der Waals surface area contributed by atoms with Crippen molar-refractivity contribution in [2.75, 3.05) is 26.9 Å². The highest BCUT2D eigenvalue weighted by molar-refractivity contribution is 5.89. The number of carbonyl (C=O) groups excluding carboxylic acids is 2. The number of rotatable bonds is 6. The minimum atomic E-state index is -0.300. The minimum Gasteiger partial charge on any atom is -0.396 e. The van der Waals surface area contributed by atoms with Crippen LogP contribution in [0.4, 0.5) is 0 Å². The predicted octanol–water partition coefficient (Wildman–Crippen LogP) is -1.36. The van der Waals surface area contributed by atoms with Crippen molar-refractivity contribution in [2.24, 2.45) is 5.92 Å². The topological polar surface area (TPSA) is 87.7 Å². The van der Waals surface area contributed by atoms with Crippen molar-refractivity contribution in [1.29, 1.82) is 0 Å². The van der Waals surface area contributed by atoms with Crippen LogP contribution in [0.1, 0.15) is 12.8 Å². The number of hydrogen-bond donors (Lipinski definition) is 3. The van der Waals surface area contributed by atoms with Crippen molar-refractivity contribution in [3.8, 4) is 0 Å². The molecule has 16 heavy (non-hydrogen) atoms. The van der Waals surface area contributed by atoms with Crippen LogP contribution < -0.4 is 10.6 Å². The highest BCUT2D eigenvalue weighted by atomic mass is 16.5. The molecule has 1 aliphatic rings. The second-order valence-electron chi connectivity index (χ2n) is 3.88. The molecule has 0 aromatic carbocycles. The fraction of sp³-hybridized carbons (Fsp3) is 0.800. The van der Waals surface area contributed by atoms with Crippen molar-refractivity contribution in [2.45, 2.75) is 18.9 Å². The summed E-state index contributed by atoms with van der Waals surface area (Å²) in [5.41, 5.74) is 0. The molecule has 6 heteroatoms. The lowest BCUT2D eigenvalue weighted by Gasteiger charge is -2.18. The molecule has 0 aliphatic carbocycles. The first-order chi connectivity index (χ1) is 7.67. The van der Waals surface area contributed by atoms with Gasteiger partial charge in [0.2, 0.25) is 11.8 Å².